The first-order valence-corrected chi connectivity index (χ1v) is 12.4. The third-order valence-electron chi connectivity index (χ3n) is 4.89. The van der Waals surface area contributed by atoms with E-state index in [4.69, 9.17) is 4.74 Å². The molecule has 2 aromatic carbocycles. The predicted molar refractivity (Wildman–Crippen MR) is 133 cm³/mol. The fourth-order valence-corrected chi connectivity index (χ4v) is 4.98. The zero-order valence-corrected chi connectivity index (χ0v) is 20.4. The number of hydrogen-bond donors (Lipinski definition) is 1. The van der Waals surface area contributed by atoms with Crippen LogP contribution in [0.15, 0.2) is 59.8 Å². The number of amides is 1. The van der Waals surface area contributed by atoms with E-state index in [0.29, 0.717) is 23.4 Å². The van der Waals surface area contributed by atoms with E-state index in [9.17, 15) is 4.79 Å². The molecule has 1 amide bonds. The average molecular weight is 480 g/mol. The van der Waals surface area contributed by atoms with Gasteiger partial charge in [0, 0.05) is 17.0 Å². The Balaban J connectivity index is 1.35. The van der Waals surface area contributed by atoms with Gasteiger partial charge in [0.25, 0.3) is 0 Å². The van der Waals surface area contributed by atoms with Crippen molar-refractivity contribution < 1.29 is 9.53 Å². The minimum Gasteiger partial charge on any atom is -0.486 e. The van der Waals surface area contributed by atoms with Crippen LogP contribution in [0.3, 0.4) is 0 Å². The molecule has 0 aliphatic rings. The summed E-state index contributed by atoms with van der Waals surface area (Å²) in [4.78, 5) is 18.2. The first-order chi connectivity index (χ1) is 16.0. The number of rotatable bonds is 9. The zero-order valence-electron chi connectivity index (χ0n) is 18.7. The molecule has 0 bridgehead atoms. The quantitative estimate of drug-likeness (QED) is 0.326. The standard InChI is InChI=1S/C24H25N5O2S2/c1-4-29-20(14-31-19-12-8-9-16(2)13-19)27-28-24(29)32-15-21(30)25-23-26-22(17(3)33-23)18-10-6-5-7-11-18/h5-13H,4,14-15H2,1-3H3,(H,25,26,30). The Morgan fingerprint density at radius 1 is 1.12 bits per heavy atom. The van der Waals surface area contributed by atoms with Crippen LogP contribution in [0, 0.1) is 13.8 Å². The lowest BCUT2D eigenvalue weighted by molar-refractivity contribution is -0.113. The fourth-order valence-electron chi connectivity index (χ4n) is 3.30. The lowest BCUT2D eigenvalue weighted by Gasteiger charge is -2.09. The van der Waals surface area contributed by atoms with Crippen LogP contribution < -0.4 is 10.1 Å². The number of thiazole rings is 1. The summed E-state index contributed by atoms with van der Waals surface area (Å²) >= 11 is 2.82. The highest BCUT2D eigenvalue weighted by atomic mass is 32.2. The number of carbonyl (C=O) groups is 1. The van der Waals surface area contributed by atoms with E-state index in [1.54, 1.807) is 0 Å². The molecular weight excluding hydrogens is 454 g/mol. The lowest BCUT2D eigenvalue weighted by Crippen LogP contribution is -2.14. The summed E-state index contributed by atoms with van der Waals surface area (Å²) in [7, 11) is 0. The number of benzene rings is 2. The van der Waals surface area contributed by atoms with Gasteiger partial charge in [0.05, 0.1) is 11.4 Å². The van der Waals surface area contributed by atoms with Crippen molar-refractivity contribution in [2.75, 3.05) is 11.1 Å². The molecule has 0 aliphatic heterocycles. The van der Waals surface area contributed by atoms with Gasteiger partial charge in [0.15, 0.2) is 16.1 Å². The Labute approximate surface area is 201 Å². The van der Waals surface area contributed by atoms with Gasteiger partial charge in [-0.2, -0.15) is 0 Å². The predicted octanol–water partition coefficient (Wildman–Crippen LogP) is 5.35. The number of carbonyl (C=O) groups excluding carboxylic acids is 1. The monoisotopic (exact) mass is 479 g/mol. The molecule has 0 saturated heterocycles. The van der Waals surface area contributed by atoms with Crippen molar-refractivity contribution in [3.8, 4) is 17.0 Å². The Morgan fingerprint density at radius 3 is 2.70 bits per heavy atom. The first kappa shape index (κ1) is 23.0. The fraction of sp³-hybridized carbons (Fsp3) is 0.250. The van der Waals surface area contributed by atoms with E-state index in [-0.39, 0.29) is 11.7 Å². The average Bonchev–Trinajstić information content (AvgIpc) is 3.39. The molecule has 1 N–H and O–H groups in total. The van der Waals surface area contributed by atoms with Gasteiger partial charge in [-0.05, 0) is 38.5 Å². The summed E-state index contributed by atoms with van der Waals surface area (Å²) in [5, 5.41) is 12.7. The molecule has 0 fully saturated rings. The van der Waals surface area contributed by atoms with Gasteiger partial charge < -0.3 is 14.6 Å². The van der Waals surface area contributed by atoms with Crippen molar-refractivity contribution in [3.63, 3.8) is 0 Å². The maximum absolute atomic E-state index is 12.5. The Morgan fingerprint density at radius 2 is 1.94 bits per heavy atom. The molecular formula is C24H25N5O2S2. The van der Waals surface area contributed by atoms with Crippen LogP contribution in [-0.2, 0) is 17.9 Å². The molecule has 0 saturated carbocycles. The van der Waals surface area contributed by atoms with E-state index < -0.39 is 0 Å². The second-order valence-electron chi connectivity index (χ2n) is 7.37. The summed E-state index contributed by atoms with van der Waals surface area (Å²) < 4.78 is 7.83. The van der Waals surface area contributed by atoms with Crippen molar-refractivity contribution >= 4 is 34.1 Å². The number of nitrogens with zero attached hydrogens (tertiary/aromatic N) is 4. The number of ether oxygens (including phenoxy) is 1. The van der Waals surface area contributed by atoms with Crippen LogP contribution in [0.1, 0.15) is 23.2 Å². The number of anilines is 1. The topological polar surface area (TPSA) is 81.9 Å². The van der Waals surface area contributed by atoms with Gasteiger partial charge in [-0.15, -0.1) is 21.5 Å². The molecule has 4 aromatic rings. The number of nitrogens with one attached hydrogen (secondary N) is 1. The molecule has 0 atom stereocenters. The molecule has 2 heterocycles. The van der Waals surface area contributed by atoms with E-state index in [0.717, 1.165) is 33.3 Å². The second-order valence-corrected chi connectivity index (χ2v) is 9.52. The van der Waals surface area contributed by atoms with E-state index in [1.807, 2.05) is 79.9 Å². The van der Waals surface area contributed by atoms with Gasteiger partial charge in [0.2, 0.25) is 5.91 Å². The van der Waals surface area contributed by atoms with Crippen LogP contribution in [0.5, 0.6) is 5.75 Å². The Kier molecular flexibility index (Phi) is 7.41. The summed E-state index contributed by atoms with van der Waals surface area (Å²) in [6.07, 6.45) is 0. The van der Waals surface area contributed by atoms with Gasteiger partial charge in [-0.25, -0.2) is 4.98 Å². The summed E-state index contributed by atoms with van der Waals surface area (Å²) in [6, 6.07) is 17.8. The van der Waals surface area contributed by atoms with Crippen molar-refractivity contribution in [2.24, 2.45) is 0 Å². The first-order valence-electron chi connectivity index (χ1n) is 10.6. The molecule has 9 heteroatoms. The zero-order chi connectivity index (χ0) is 23.2. The van der Waals surface area contributed by atoms with E-state index in [2.05, 4.69) is 20.5 Å². The van der Waals surface area contributed by atoms with Crippen LogP contribution in [0.25, 0.3) is 11.3 Å². The van der Waals surface area contributed by atoms with Crippen molar-refractivity contribution in [3.05, 3.63) is 70.9 Å². The smallest absolute Gasteiger partial charge is 0.236 e. The van der Waals surface area contributed by atoms with Crippen LogP contribution >= 0.6 is 23.1 Å². The molecule has 0 aliphatic carbocycles. The summed E-state index contributed by atoms with van der Waals surface area (Å²) in [6.45, 7) is 7.06. The second kappa shape index (κ2) is 10.6. The molecule has 0 unspecified atom stereocenters. The van der Waals surface area contributed by atoms with Crippen molar-refractivity contribution in [1.82, 2.24) is 19.7 Å². The highest BCUT2D eigenvalue weighted by Crippen LogP contribution is 2.30. The van der Waals surface area contributed by atoms with Gasteiger partial charge in [-0.1, -0.05) is 54.2 Å². The third-order valence-corrected chi connectivity index (χ3v) is 6.74. The third kappa shape index (κ3) is 5.80. The lowest BCUT2D eigenvalue weighted by atomic mass is 10.1. The molecule has 4 rings (SSSR count). The van der Waals surface area contributed by atoms with Gasteiger partial charge in [0.1, 0.15) is 12.4 Å². The largest absolute Gasteiger partial charge is 0.486 e. The molecule has 7 nitrogen and oxygen atoms in total. The number of aryl methyl sites for hydroxylation is 2. The summed E-state index contributed by atoms with van der Waals surface area (Å²) in [5.41, 5.74) is 3.07. The molecule has 0 radical (unpaired) electrons. The highest BCUT2D eigenvalue weighted by Gasteiger charge is 2.16. The maximum atomic E-state index is 12.5. The summed E-state index contributed by atoms with van der Waals surface area (Å²) in [5.74, 6) is 1.61. The number of thioether (sulfide) groups is 1. The minimum absolute atomic E-state index is 0.128. The molecule has 170 valence electrons. The minimum atomic E-state index is -0.128. The van der Waals surface area contributed by atoms with E-state index >= 15 is 0 Å². The number of aromatic nitrogens is 4. The van der Waals surface area contributed by atoms with Crippen molar-refractivity contribution in [2.45, 2.75) is 39.1 Å². The van der Waals surface area contributed by atoms with Crippen LogP contribution in [0.2, 0.25) is 0 Å². The van der Waals surface area contributed by atoms with Crippen molar-refractivity contribution in [1.29, 1.82) is 0 Å². The van der Waals surface area contributed by atoms with Crippen LogP contribution in [0.4, 0.5) is 5.13 Å². The Hall–Kier alpha value is -3.17. The molecule has 2 aromatic heterocycles. The normalized spacial score (nSPS) is 10.9. The van der Waals surface area contributed by atoms with Gasteiger partial charge in [-0.3, -0.25) is 4.79 Å². The van der Waals surface area contributed by atoms with E-state index in [1.165, 1.54) is 23.1 Å². The molecule has 33 heavy (non-hydrogen) atoms. The van der Waals surface area contributed by atoms with Gasteiger partial charge >= 0.3 is 0 Å². The molecule has 0 spiro atoms. The maximum Gasteiger partial charge on any atom is 0.236 e. The Bertz CT molecular complexity index is 1240. The number of hydrogen-bond acceptors (Lipinski definition) is 7. The SMILES string of the molecule is CCn1c(COc2cccc(C)c2)nnc1SCC(=O)Nc1nc(-c2ccccc2)c(C)s1. The van der Waals surface area contributed by atoms with Crippen LogP contribution in [-0.4, -0.2) is 31.4 Å². The highest BCUT2D eigenvalue weighted by molar-refractivity contribution is 7.99.